The molecular weight excluding hydrogens is 178 g/mol. The van der Waals surface area contributed by atoms with Crippen molar-refractivity contribution in [2.75, 3.05) is 19.8 Å². The molecule has 0 bridgehead atoms. The molecule has 0 amide bonds. The van der Waals surface area contributed by atoms with Gasteiger partial charge in [0.2, 0.25) is 0 Å². The molecule has 1 atom stereocenters. The molecule has 1 aliphatic heterocycles. The summed E-state index contributed by atoms with van der Waals surface area (Å²) in [5, 5.41) is 0. The van der Waals surface area contributed by atoms with E-state index in [-0.39, 0.29) is 5.60 Å². The summed E-state index contributed by atoms with van der Waals surface area (Å²) in [5.74, 6) is 0. The van der Waals surface area contributed by atoms with Gasteiger partial charge in [0.15, 0.2) is 0 Å². The van der Waals surface area contributed by atoms with Crippen molar-refractivity contribution >= 4 is 0 Å². The summed E-state index contributed by atoms with van der Waals surface area (Å²) in [6, 6.07) is 0. The van der Waals surface area contributed by atoms with Crippen molar-refractivity contribution in [2.45, 2.75) is 50.2 Å². The van der Waals surface area contributed by atoms with Crippen LogP contribution in [-0.4, -0.2) is 31.5 Å². The summed E-state index contributed by atoms with van der Waals surface area (Å²) in [4.78, 5) is 0. The highest BCUT2D eigenvalue weighted by atomic mass is 16.5. The normalized spacial score (nSPS) is 31.9. The summed E-state index contributed by atoms with van der Waals surface area (Å²) in [5.41, 5.74) is 5.81. The number of nitrogens with two attached hydrogens (primary N) is 1. The molecule has 2 aliphatic rings. The minimum Gasteiger partial charge on any atom is -0.379 e. The summed E-state index contributed by atoms with van der Waals surface area (Å²) >= 11 is 0. The van der Waals surface area contributed by atoms with E-state index < -0.39 is 0 Å². The Morgan fingerprint density at radius 1 is 1.29 bits per heavy atom. The van der Waals surface area contributed by atoms with E-state index >= 15 is 0 Å². The highest BCUT2D eigenvalue weighted by Crippen LogP contribution is 2.34. The second-order valence-corrected chi connectivity index (χ2v) is 4.55. The van der Waals surface area contributed by atoms with Crippen LogP contribution < -0.4 is 5.73 Å². The van der Waals surface area contributed by atoms with Gasteiger partial charge in [0, 0.05) is 13.2 Å². The number of hydrogen-bond donors (Lipinski definition) is 1. The highest BCUT2D eigenvalue weighted by molar-refractivity contribution is 4.88. The highest BCUT2D eigenvalue weighted by Gasteiger charge is 2.36. The largest absolute Gasteiger partial charge is 0.379 e. The van der Waals surface area contributed by atoms with Crippen LogP contribution in [0.15, 0.2) is 0 Å². The Kier molecular flexibility index (Phi) is 3.42. The molecule has 14 heavy (non-hydrogen) atoms. The van der Waals surface area contributed by atoms with Gasteiger partial charge in [-0.15, -0.1) is 0 Å². The molecule has 2 rings (SSSR count). The fraction of sp³-hybridized carbons (Fsp3) is 1.00. The first kappa shape index (κ1) is 10.4. The Balaban J connectivity index is 1.86. The molecule has 0 aromatic heterocycles. The first-order valence-electron chi connectivity index (χ1n) is 5.80. The molecule has 0 aromatic carbocycles. The lowest BCUT2D eigenvalue weighted by Crippen LogP contribution is -2.43. The summed E-state index contributed by atoms with van der Waals surface area (Å²) in [6.07, 6.45) is 7.38. The van der Waals surface area contributed by atoms with E-state index in [4.69, 9.17) is 15.2 Å². The lowest BCUT2D eigenvalue weighted by atomic mass is 10.0. The van der Waals surface area contributed by atoms with Gasteiger partial charge in [-0.1, -0.05) is 12.8 Å². The Bertz CT molecular complexity index is 172. The van der Waals surface area contributed by atoms with Crippen molar-refractivity contribution in [1.82, 2.24) is 0 Å². The SMILES string of the molecule is NCC1(OC2CCCOC2)CCCC1. The molecule has 2 fully saturated rings. The minimum absolute atomic E-state index is 0.00856. The summed E-state index contributed by atoms with van der Waals surface area (Å²) in [6.45, 7) is 2.33. The first-order valence-corrected chi connectivity index (χ1v) is 5.80. The van der Waals surface area contributed by atoms with Gasteiger partial charge in [0.05, 0.1) is 18.3 Å². The van der Waals surface area contributed by atoms with Crippen LogP contribution in [0.1, 0.15) is 38.5 Å². The molecule has 1 heterocycles. The van der Waals surface area contributed by atoms with Crippen LogP contribution in [0.25, 0.3) is 0 Å². The van der Waals surface area contributed by atoms with Gasteiger partial charge in [-0.25, -0.2) is 0 Å². The van der Waals surface area contributed by atoms with Gasteiger partial charge in [-0.05, 0) is 25.7 Å². The molecule has 1 saturated heterocycles. The van der Waals surface area contributed by atoms with Crippen LogP contribution in [0.4, 0.5) is 0 Å². The van der Waals surface area contributed by atoms with Gasteiger partial charge in [-0.3, -0.25) is 0 Å². The molecule has 1 saturated carbocycles. The van der Waals surface area contributed by atoms with E-state index in [0.717, 1.165) is 38.9 Å². The van der Waals surface area contributed by atoms with E-state index in [0.29, 0.717) is 12.6 Å². The second-order valence-electron chi connectivity index (χ2n) is 4.55. The lowest BCUT2D eigenvalue weighted by Gasteiger charge is -2.34. The second kappa shape index (κ2) is 4.60. The zero-order valence-corrected chi connectivity index (χ0v) is 8.84. The lowest BCUT2D eigenvalue weighted by molar-refractivity contribution is -0.130. The average Bonchev–Trinajstić information content (AvgIpc) is 2.69. The van der Waals surface area contributed by atoms with Gasteiger partial charge in [0.25, 0.3) is 0 Å². The smallest absolute Gasteiger partial charge is 0.0817 e. The molecule has 3 heteroatoms. The summed E-state index contributed by atoms with van der Waals surface area (Å²) in [7, 11) is 0. The maximum Gasteiger partial charge on any atom is 0.0817 e. The van der Waals surface area contributed by atoms with Crippen LogP contribution in [0.5, 0.6) is 0 Å². The third-order valence-electron chi connectivity index (χ3n) is 3.42. The van der Waals surface area contributed by atoms with E-state index in [9.17, 15) is 0 Å². The average molecular weight is 199 g/mol. The molecule has 1 unspecified atom stereocenters. The standard InChI is InChI=1S/C11H21NO2/c12-9-11(5-1-2-6-11)14-10-4-3-7-13-8-10/h10H,1-9,12H2. The van der Waals surface area contributed by atoms with Crippen molar-refractivity contribution in [1.29, 1.82) is 0 Å². The molecule has 82 valence electrons. The molecule has 0 aromatic rings. The number of ether oxygens (including phenoxy) is 2. The van der Waals surface area contributed by atoms with Crippen LogP contribution in [0.2, 0.25) is 0 Å². The minimum atomic E-state index is -0.00856. The first-order chi connectivity index (χ1) is 6.85. The van der Waals surface area contributed by atoms with Gasteiger partial charge < -0.3 is 15.2 Å². The van der Waals surface area contributed by atoms with Crippen LogP contribution in [-0.2, 0) is 9.47 Å². The van der Waals surface area contributed by atoms with E-state index in [2.05, 4.69) is 0 Å². The van der Waals surface area contributed by atoms with Gasteiger partial charge in [-0.2, -0.15) is 0 Å². The van der Waals surface area contributed by atoms with Crippen LogP contribution in [0, 0.1) is 0 Å². The third-order valence-corrected chi connectivity index (χ3v) is 3.42. The Morgan fingerprint density at radius 3 is 2.64 bits per heavy atom. The third kappa shape index (κ3) is 2.27. The zero-order chi connectivity index (χ0) is 9.86. The molecule has 2 N–H and O–H groups in total. The number of rotatable bonds is 3. The van der Waals surface area contributed by atoms with Crippen molar-refractivity contribution in [2.24, 2.45) is 5.73 Å². The Labute approximate surface area is 85.9 Å². The monoisotopic (exact) mass is 199 g/mol. The molecule has 0 spiro atoms. The van der Waals surface area contributed by atoms with E-state index in [1.807, 2.05) is 0 Å². The maximum absolute atomic E-state index is 6.14. The summed E-state index contributed by atoms with van der Waals surface area (Å²) < 4.78 is 11.6. The van der Waals surface area contributed by atoms with Gasteiger partial charge >= 0.3 is 0 Å². The molecular formula is C11H21NO2. The van der Waals surface area contributed by atoms with E-state index in [1.165, 1.54) is 12.8 Å². The Hall–Kier alpha value is -0.120. The number of hydrogen-bond acceptors (Lipinski definition) is 3. The van der Waals surface area contributed by atoms with E-state index in [1.54, 1.807) is 0 Å². The molecule has 3 nitrogen and oxygen atoms in total. The maximum atomic E-state index is 6.14. The fourth-order valence-corrected chi connectivity index (χ4v) is 2.55. The predicted molar refractivity (Wildman–Crippen MR) is 55.2 cm³/mol. The fourth-order valence-electron chi connectivity index (χ4n) is 2.55. The Morgan fingerprint density at radius 2 is 2.07 bits per heavy atom. The van der Waals surface area contributed by atoms with Crippen molar-refractivity contribution in [3.63, 3.8) is 0 Å². The van der Waals surface area contributed by atoms with Crippen molar-refractivity contribution < 1.29 is 9.47 Å². The molecule has 1 aliphatic carbocycles. The predicted octanol–water partition coefficient (Wildman–Crippen LogP) is 1.45. The quantitative estimate of drug-likeness (QED) is 0.748. The van der Waals surface area contributed by atoms with Crippen molar-refractivity contribution in [3.8, 4) is 0 Å². The van der Waals surface area contributed by atoms with Crippen LogP contribution in [0.3, 0.4) is 0 Å². The van der Waals surface area contributed by atoms with Crippen molar-refractivity contribution in [3.05, 3.63) is 0 Å². The van der Waals surface area contributed by atoms with Gasteiger partial charge in [0.1, 0.15) is 0 Å². The van der Waals surface area contributed by atoms with Crippen LogP contribution >= 0.6 is 0 Å². The zero-order valence-electron chi connectivity index (χ0n) is 8.84. The topological polar surface area (TPSA) is 44.5 Å². The molecule has 0 radical (unpaired) electrons.